The standard InChI is InChI=1S/C23H21F3N8/c1-4-16-22-32-30-12-33(22)17-11-29-20(31-21(17)34(16)13(2)3)19-18(27-9-10-28-19)14-5-7-15(8-6-14)23(24,25)26/h5-13,16H,4H2,1-3H3. The van der Waals surface area contributed by atoms with E-state index in [-0.39, 0.29) is 12.1 Å². The Morgan fingerprint density at radius 1 is 1.00 bits per heavy atom. The van der Waals surface area contributed by atoms with Crippen molar-refractivity contribution < 1.29 is 13.2 Å². The van der Waals surface area contributed by atoms with Gasteiger partial charge in [-0.1, -0.05) is 19.1 Å². The molecule has 0 saturated heterocycles. The van der Waals surface area contributed by atoms with Crippen molar-refractivity contribution in [1.82, 2.24) is 34.7 Å². The molecule has 174 valence electrons. The minimum atomic E-state index is -4.41. The van der Waals surface area contributed by atoms with E-state index >= 15 is 0 Å². The highest BCUT2D eigenvalue weighted by Crippen LogP contribution is 2.40. The summed E-state index contributed by atoms with van der Waals surface area (Å²) in [6.07, 6.45) is 2.73. The summed E-state index contributed by atoms with van der Waals surface area (Å²) in [7, 11) is 0. The fourth-order valence-corrected chi connectivity index (χ4v) is 4.28. The minimum absolute atomic E-state index is 0.0195. The van der Waals surface area contributed by atoms with Crippen LogP contribution >= 0.6 is 0 Å². The number of alkyl halides is 3. The van der Waals surface area contributed by atoms with Gasteiger partial charge in [-0.3, -0.25) is 9.55 Å². The number of hydrogen-bond acceptors (Lipinski definition) is 7. The Kier molecular flexibility index (Phi) is 5.26. The van der Waals surface area contributed by atoms with Crippen molar-refractivity contribution in [3.05, 3.63) is 60.6 Å². The zero-order valence-corrected chi connectivity index (χ0v) is 18.7. The molecule has 0 bridgehead atoms. The Hall–Kier alpha value is -3.89. The van der Waals surface area contributed by atoms with E-state index in [0.717, 1.165) is 30.1 Å². The van der Waals surface area contributed by atoms with Crippen LogP contribution in [0.5, 0.6) is 0 Å². The first-order chi connectivity index (χ1) is 16.3. The van der Waals surface area contributed by atoms with E-state index < -0.39 is 11.7 Å². The number of aromatic nitrogens is 7. The van der Waals surface area contributed by atoms with Gasteiger partial charge in [0.25, 0.3) is 0 Å². The molecule has 4 aromatic rings. The van der Waals surface area contributed by atoms with Crippen molar-refractivity contribution in [3.8, 4) is 28.5 Å². The topological polar surface area (TPSA) is 85.5 Å². The van der Waals surface area contributed by atoms with Gasteiger partial charge in [0.1, 0.15) is 17.7 Å². The van der Waals surface area contributed by atoms with E-state index in [2.05, 4.69) is 50.8 Å². The van der Waals surface area contributed by atoms with Gasteiger partial charge >= 0.3 is 6.18 Å². The van der Waals surface area contributed by atoms with Crippen LogP contribution in [0.3, 0.4) is 0 Å². The van der Waals surface area contributed by atoms with Crippen molar-refractivity contribution in [2.45, 2.75) is 45.5 Å². The summed E-state index contributed by atoms with van der Waals surface area (Å²) in [5.41, 5.74) is 1.30. The van der Waals surface area contributed by atoms with E-state index in [1.807, 2.05) is 4.57 Å². The summed E-state index contributed by atoms with van der Waals surface area (Å²) in [6, 6.07) is 4.92. The zero-order chi connectivity index (χ0) is 24.0. The molecule has 0 N–H and O–H groups in total. The minimum Gasteiger partial charge on any atom is -0.342 e. The summed E-state index contributed by atoms with van der Waals surface area (Å²) in [5.74, 6) is 1.87. The molecule has 0 radical (unpaired) electrons. The van der Waals surface area contributed by atoms with Crippen LogP contribution in [0.4, 0.5) is 19.0 Å². The Balaban J connectivity index is 1.64. The molecule has 1 aliphatic rings. The third-order valence-electron chi connectivity index (χ3n) is 5.80. The smallest absolute Gasteiger partial charge is 0.342 e. The average Bonchev–Trinajstić information content (AvgIpc) is 3.32. The van der Waals surface area contributed by atoms with Gasteiger partial charge in [-0.25, -0.2) is 15.0 Å². The van der Waals surface area contributed by atoms with Gasteiger partial charge in [0.15, 0.2) is 17.5 Å². The maximum Gasteiger partial charge on any atom is 0.416 e. The van der Waals surface area contributed by atoms with Crippen LogP contribution in [0, 0.1) is 0 Å². The first kappa shape index (κ1) is 21.9. The predicted molar refractivity (Wildman–Crippen MR) is 119 cm³/mol. The van der Waals surface area contributed by atoms with Gasteiger partial charge < -0.3 is 4.90 Å². The molecular weight excluding hydrogens is 445 g/mol. The van der Waals surface area contributed by atoms with Crippen LogP contribution in [0.25, 0.3) is 28.5 Å². The van der Waals surface area contributed by atoms with Crippen LogP contribution in [-0.4, -0.2) is 40.7 Å². The van der Waals surface area contributed by atoms with E-state index in [9.17, 15) is 13.2 Å². The van der Waals surface area contributed by atoms with E-state index in [4.69, 9.17) is 4.98 Å². The zero-order valence-electron chi connectivity index (χ0n) is 18.7. The highest BCUT2D eigenvalue weighted by atomic mass is 19.4. The lowest BCUT2D eigenvalue weighted by Gasteiger charge is -2.39. The molecule has 11 heteroatoms. The van der Waals surface area contributed by atoms with Gasteiger partial charge in [0, 0.05) is 24.0 Å². The Morgan fingerprint density at radius 3 is 2.35 bits per heavy atom. The van der Waals surface area contributed by atoms with Crippen molar-refractivity contribution in [3.63, 3.8) is 0 Å². The van der Waals surface area contributed by atoms with Gasteiger partial charge in [-0.15, -0.1) is 10.2 Å². The molecule has 1 atom stereocenters. The lowest BCUT2D eigenvalue weighted by molar-refractivity contribution is -0.137. The summed E-state index contributed by atoms with van der Waals surface area (Å²) in [4.78, 5) is 20.4. The maximum atomic E-state index is 13.0. The highest BCUT2D eigenvalue weighted by Gasteiger charge is 2.35. The second kappa shape index (κ2) is 8.15. The molecule has 1 aliphatic heterocycles. The van der Waals surface area contributed by atoms with Crippen molar-refractivity contribution in [2.75, 3.05) is 4.90 Å². The SMILES string of the molecule is CCC1c2nncn2-c2cnc(-c3nccnc3-c3ccc(C(F)(F)F)cc3)nc2N1C(C)C. The van der Waals surface area contributed by atoms with Gasteiger partial charge in [0.05, 0.1) is 23.5 Å². The molecule has 4 heterocycles. The second-order valence-corrected chi connectivity index (χ2v) is 8.22. The van der Waals surface area contributed by atoms with Crippen LogP contribution in [-0.2, 0) is 6.18 Å². The fourth-order valence-electron chi connectivity index (χ4n) is 4.28. The molecule has 0 saturated carbocycles. The molecule has 3 aromatic heterocycles. The molecule has 5 rings (SSSR count). The molecule has 8 nitrogen and oxygen atoms in total. The van der Waals surface area contributed by atoms with Crippen molar-refractivity contribution >= 4 is 5.82 Å². The van der Waals surface area contributed by atoms with Crippen LogP contribution in [0.15, 0.2) is 49.2 Å². The monoisotopic (exact) mass is 466 g/mol. The Morgan fingerprint density at radius 2 is 1.71 bits per heavy atom. The second-order valence-electron chi connectivity index (χ2n) is 8.22. The average molecular weight is 466 g/mol. The van der Waals surface area contributed by atoms with Gasteiger partial charge in [-0.2, -0.15) is 13.2 Å². The normalized spacial score (nSPS) is 15.4. The Bertz CT molecular complexity index is 1330. The lowest BCUT2D eigenvalue weighted by atomic mass is 10.1. The number of fused-ring (bicyclic) bond motifs is 3. The van der Waals surface area contributed by atoms with E-state index in [1.165, 1.54) is 24.5 Å². The predicted octanol–water partition coefficient (Wildman–Crippen LogP) is 4.88. The molecule has 0 aliphatic carbocycles. The lowest BCUT2D eigenvalue weighted by Crippen LogP contribution is -2.40. The van der Waals surface area contributed by atoms with Crippen LogP contribution in [0.1, 0.15) is 44.6 Å². The van der Waals surface area contributed by atoms with Gasteiger partial charge in [-0.05, 0) is 32.4 Å². The van der Waals surface area contributed by atoms with E-state index in [1.54, 1.807) is 12.5 Å². The van der Waals surface area contributed by atoms with Gasteiger partial charge in [0.2, 0.25) is 0 Å². The largest absolute Gasteiger partial charge is 0.416 e. The van der Waals surface area contributed by atoms with Crippen molar-refractivity contribution in [1.29, 1.82) is 0 Å². The van der Waals surface area contributed by atoms with Crippen LogP contribution in [0.2, 0.25) is 0 Å². The number of hydrogen-bond donors (Lipinski definition) is 0. The van der Waals surface area contributed by atoms with Crippen molar-refractivity contribution in [2.24, 2.45) is 0 Å². The Labute approximate surface area is 193 Å². The number of nitrogens with zero attached hydrogens (tertiary/aromatic N) is 8. The molecule has 1 unspecified atom stereocenters. The third-order valence-corrected chi connectivity index (χ3v) is 5.80. The number of halogens is 3. The first-order valence-corrected chi connectivity index (χ1v) is 10.8. The highest BCUT2D eigenvalue weighted by molar-refractivity contribution is 5.76. The maximum absolute atomic E-state index is 13.0. The molecular formula is C23H21F3N8. The molecule has 34 heavy (non-hydrogen) atoms. The first-order valence-electron chi connectivity index (χ1n) is 10.8. The summed E-state index contributed by atoms with van der Waals surface area (Å²) < 4.78 is 40.9. The molecule has 1 aromatic carbocycles. The fraction of sp³-hybridized carbons (Fsp3) is 0.304. The number of rotatable bonds is 4. The molecule has 0 fully saturated rings. The number of anilines is 1. The van der Waals surface area contributed by atoms with Crippen LogP contribution < -0.4 is 4.90 Å². The number of benzene rings is 1. The van der Waals surface area contributed by atoms with E-state index in [0.29, 0.717) is 28.6 Å². The molecule has 0 spiro atoms. The summed E-state index contributed by atoms with van der Waals surface area (Å²) in [6.45, 7) is 6.24. The molecule has 0 amide bonds. The summed E-state index contributed by atoms with van der Waals surface area (Å²) >= 11 is 0. The third kappa shape index (κ3) is 3.57. The summed E-state index contributed by atoms with van der Waals surface area (Å²) in [5, 5.41) is 8.39. The quantitative estimate of drug-likeness (QED) is 0.424.